The van der Waals surface area contributed by atoms with Crippen LogP contribution in [0.25, 0.3) is 50.9 Å². The Morgan fingerprint density at radius 2 is 1.16 bits per heavy atom. The van der Waals surface area contributed by atoms with Crippen LogP contribution in [0, 0.1) is 21.7 Å². The number of aromatic nitrogens is 2. The van der Waals surface area contributed by atoms with Crippen molar-refractivity contribution < 1.29 is 38.3 Å². The summed E-state index contributed by atoms with van der Waals surface area (Å²) in [6.45, 7) is 22.6. The molecule has 10 heteroatoms. The highest BCUT2D eigenvalue weighted by atomic mass is 17.3. The SMILES string of the molecule is CC(C)(C)C12OOC1(c1cc(O)c3nc(-c4ccccc4)oc3c1)OCC2(C)C.CC(C)(C)C1=C(c2cc(O)c3nc(-c4ccccc4)oc3c2)OCC1(C)C. The summed E-state index contributed by atoms with van der Waals surface area (Å²) < 4.78 is 24.3. The summed E-state index contributed by atoms with van der Waals surface area (Å²) in [5.41, 5.74) is 4.93. The van der Waals surface area contributed by atoms with Gasteiger partial charge < -0.3 is 28.5 Å². The van der Waals surface area contributed by atoms with Crippen LogP contribution in [0.1, 0.15) is 80.4 Å². The first kappa shape index (κ1) is 37.7. The van der Waals surface area contributed by atoms with Crippen molar-refractivity contribution >= 4 is 28.0 Å². The Labute approximate surface area is 327 Å². The summed E-state index contributed by atoms with van der Waals surface area (Å²) >= 11 is 0. The molecule has 0 saturated carbocycles. The maximum Gasteiger partial charge on any atom is 0.261 e. The molecule has 2 atom stereocenters. The zero-order chi connectivity index (χ0) is 40.1. The monoisotopic (exact) mass is 758 g/mol. The van der Waals surface area contributed by atoms with Gasteiger partial charge in [-0.15, -0.1) is 0 Å². The number of hydrogen-bond acceptors (Lipinski definition) is 10. The molecule has 10 nitrogen and oxygen atoms in total. The third-order valence-electron chi connectivity index (χ3n) is 11.3. The van der Waals surface area contributed by atoms with Crippen LogP contribution < -0.4 is 0 Å². The predicted octanol–water partition coefficient (Wildman–Crippen LogP) is 11.2. The zero-order valence-electron chi connectivity index (χ0n) is 33.7. The van der Waals surface area contributed by atoms with Crippen molar-refractivity contribution in [1.82, 2.24) is 9.97 Å². The number of hydrogen-bond donors (Lipinski definition) is 2. The zero-order valence-corrected chi connectivity index (χ0v) is 33.7. The molecule has 3 aliphatic heterocycles. The van der Waals surface area contributed by atoms with Crippen molar-refractivity contribution in [1.29, 1.82) is 0 Å². The second-order valence-electron chi connectivity index (χ2n) is 18.5. The molecule has 2 N–H and O–H groups in total. The van der Waals surface area contributed by atoms with Gasteiger partial charge in [0.25, 0.3) is 5.79 Å². The third kappa shape index (κ3) is 5.72. The smallest absolute Gasteiger partial charge is 0.261 e. The van der Waals surface area contributed by atoms with Gasteiger partial charge in [-0.25, -0.2) is 14.9 Å². The van der Waals surface area contributed by atoms with E-state index in [1.165, 1.54) is 5.57 Å². The second-order valence-corrected chi connectivity index (χ2v) is 18.5. The van der Waals surface area contributed by atoms with Crippen LogP contribution >= 0.6 is 0 Å². The maximum absolute atomic E-state index is 10.7. The van der Waals surface area contributed by atoms with Gasteiger partial charge in [-0.3, -0.25) is 0 Å². The average Bonchev–Trinajstić information content (AvgIpc) is 3.86. The highest BCUT2D eigenvalue weighted by Crippen LogP contribution is 2.69. The number of phenolic OH excluding ortho intramolecular Hbond substituents is 2. The fourth-order valence-electron chi connectivity index (χ4n) is 9.28. The summed E-state index contributed by atoms with van der Waals surface area (Å²) in [6, 6.07) is 26.4. The minimum absolute atomic E-state index is 0.0180. The average molecular weight is 759 g/mol. The van der Waals surface area contributed by atoms with E-state index >= 15 is 0 Å². The van der Waals surface area contributed by atoms with Gasteiger partial charge in [-0.1, -0.05) is 106 Å². The number of nitrogens with zero attached hydrogens (tertiary/aromatic N) is 2. The van der Waals surface area contributed by atoms with E-state index in [1.807, 2.05) is 72.8 Å². The molecule has 0 spiro atoms. The first-order valence-corrected chi connectivity index (χ1v) is 19.1. The molecule has 0 aliphatic carbocycles. The Hall–Kier alpha value is -5.16. The Morgan fingerprint density at radius 3 is 1.66 bits per heavy atom. The fourth-order valence-corrected chi connectivity index (χ4v) is 9.28. The van der Waals surface area contributed by atoms with Gasteiger partial charge in [-0.05, 0) is 59.5 Å². The number of benzene rings is 4. The van der Waals surface area contributed by atoms with Crippen LogP contribution in [0.4, 0.5) is 0 Å². The van der Waals surface area contributed by atoms with E-state index in [0.717, 1.165) is 22.4 Å². The maximum atomic E-state index is 10.7. The van der Waals surface area contributed by atoms with E-state index in [4.69, 9.17) is 28.1 Å². The molecule has 0 bridgehead atoms. The van der Waals surface area contributed by atoms with Gasteiger partial charge in [0.15, 0.2) is 27.8 Å². The van der Waals surface area contributed by atoms with Crippen LogP contribution in [0.5, 0.6) is 11.5 Å². The van der Waals surface area contributed by atoms with Crippen LogP contribution in [0.3, 0.4) is 0 Å². The number of rotatable bonds is 4. The molecule has 292 valence electrons. The van der Waals surface area contributed by atoms with Gasteiger partial charge in [0.1, 0.15) is 17.3 Å². The highest BCUT2D eigenvalue weighted by molar-refractivity contribution is 5.87. The van der Waals surface area contributed by atoms with Crippen molar-refractivity contribution in [3.05, 3.63) is 102 Å². The molecule has 5 heterocycles. The van der Waals surface area contributed by atoms with E-state index < -0.39 is 11.4 Å². The van der Waals surface area contributed by atoms with E-state index in [2.05, 4.69) is 79.2 Å². The van der Waals surface area contributed by atoms with Gasteiger partial charge >= 0.3 is 0 Å². The highest BCUT2D eigenvalue weighted by Gasteiger charge is 2.81. The van der Waals surface area contributed by atoms with E-state index in [9.17, 15) is 10.2 Å². The molecule has 9 rings (SSSR count). The topological polar surface area (TPSA) is 129 Å². The lowest BCUT2D eigenvalue weighted by molar-refractivity contribution is -0.626. The summed E-state index contributed by atoms with van der Waals surface area (Å²) in [4.78, 5) is 20.5. The summed E-state index contributed by atoms with van der Waals surface area (Å²) in [5, 5.41) is 21.3. The van der Waals surface area contributed by atoms with Crippen LogP contribution in [-0.4, -0.2) is 39.0 Å². The fraction of sp³-hybridized carbons (Fsp3) is 0.391. The standard InChI is InChI=1S/C23H25NO5.C23H25NO3/c1-20(2,3)23-21(4,5)13-26-22(23,28-29-23)15-11-16(25)18-17(12-15)27-19(24-18)14-9-7-6-8-10-14;1-22(2,3)20-19(26-13-23(20,4)5)15-11-16(25)18-17(12-15)27-21(24-18)14-9-7-6-8-10-14/h6-12,25H,13H2,1-5H3;6-12,25H,13H2,1-5H3. The predicted molar refractivity (Wildman–Crippen MR) is 214 cm³/mol. The van der Waals surface area contributed by atoms with Crippen molar-refractivity contribution in [3.63, 3.8) is 0 Å². The second kappa shape index (κ2) is 12.7. The van der Waals surface area contributed by atoms with Gasteiger partial charge in [0, 0.05) is 38.5 Å². The lowest BCUT2D eigenvalue weighted by Gasteiger charge is -2.61. The van der Waals surface area contributed by atoms with Crippen LogP contribution in [0.2, 0.25) is 0 Å². The Bertz CT molecular complexity index is 2480. The van der Waals surface area contributed by atoms with Gasteiger partial charge in [-0.2, -0.15) is 4.89 Å². The minimum Gasteiger partial charge on any atom is -0.506 e. The molecule has 2 aromatic heterocycles. The Morgan fingerprint density at radius 1 is 0.625 bits per heavy atom. The van der Waals surface area contributed by atoms with Crippen molar-refractivity contribution in [2.75, 3.05) is 13.2 Å². The van der Waals surface area contributed by atoms with Gasteiger partial charge in [0.05, 0.1) is 13.2 Å². The molecular formula is C46H50N2O8. The van der Waals surface area contributed by atoms with E-state index in [0.29, 0.717) is 52.8 Å². The molecule has 0 radical (unpaired) electrons. The number of phenols is 2. The third-order valence-corrected chi connectivity index (χ3v) is 11.3. The molecule has 2 unspecified atom stereocenters. The normalized spacial score (nSPS) is 22.8. The molecule has 2 fully saturated rings. The Balaban J connectivity index is 0.000000158. The lowest BCUT2D eigenvalue weighted by atomic mass is 9.57. The molecule has 0 amide bonds. The number of fused-ring (bicyclic) bond motifs is 3. The quantitative estimate of drug-likeness (QED) is 0.168. The van der Waals surface area contributed by atoms with Gasteiger partial charge in [0.2, 0.25) is 11.8 Å². The summed E-state index contributed by atoms with van der Waals surface area (Å²) in [7, 11) is 0. The largest absolute Gasteiger partial charge is 0.506 e. The van der Waals surface area contributed by atoms with E-state index in [-0.39, 0.29) is 33.2 Å². The summed E-state index contributed by atoms with van der Waals surface area (Å²) in [6.07, 6.45) is 0. The van der Waals surface area contributed by atoms with Crippen LogP contribution in [-0.2, 0) is 25.0 Å². The lowest BCUT2D eigenvalue weighted by Crippen LogP contribution is -2.73. The number of ether oxygens (including phenoxy) is 2. The molecule has 2 saturated heterocycles. The number of aromatic hydroxyl groups is 2. The number of oxazole rings is 2. The Kier molecular flexibility index (Phi) is 8.55. The van der Waals surface area contributed by atoms with Crippen molar-refractivity contribution in [2.45, 2.75) is 80.6 Å². The molecule has 3 aliphatic rings. The molecule has 6 aromatic rings. The molecule has 56 heavy (non-hydrogen) atoms. The first-order valence-electron chi connectivity index (χ1n) is 19.1. The molecule has 4 aromatic carbocycles. The van der Waals surface area contributed by atoms with Crippen molar-refractivity contribution in [3.8, 4) is 34.4 Å². The van der Waals surface area contributed by atoms with Crippen LogP contribution in [0.15, 0.2) is 99.3 Å². The van der Waals surface area contributed by atoms with E-state index in [1.54, 1.807) is 12.1 Å². The first-order chi connectivity index (χ1) is 26.3. The van der Waals surface area contributed by atoms with Crippen molar-refractivity contribution in [2.24, 2.45) is 21.7 Å². The summed E-state index contributed by atoms with van der Waals surface area (Å²) in [5.74, 6) is 0.774. The minimum atomic E-state index is -1.12. The molecular weight excluding hydrogens is 709 g/mol.